The predicted octanol–water partition coefficient (Wildman–Crippen LogP) is 1.99. The van der Waals surface area contributed by atoms with E-state index in [9.17, 15) is 9.59 Å². The van der Waals surface area contributed by atoms with Crippen LogP contribution in [0.15, 0.2) is 53.1 Å². The minimum absolute atomic E-state index is 0.153. The summed E-state index contributed by atoms with van der Waals surface area (Å²) in [6, 6.07) is 13.9. The normalized spacial score (nSPS) is 11.3. The fourth-order valence-electron chi connectivity index (χ4n) is 2.28. The van der Waals surface area contributed by atoms with E-state index in [-0.39, 0.29) is 18.1 Å². The first kappa shape index (κ1) is 17.3. The van der Waals surface area contributed by atoms with Crippen molar-refractivity contribution in [2.45, 2.75) is 18.9 Å². The Hall–Kier alpha value is -3.07. The number of hydrogen-bond donors (Lipinski definition) is 1. The molecule has 1 aromatic carbocycles. The summed E-state index contributed by atoms with van der Waals surface area (Å²) in [4.78, 5) is 26.3. The van der Waals surface area contributed by atoms with Gasteiger partial charge in [-0.05, 0) is 17.7 Å². The Labute approximate surface area is 140 Å². The van der Waals surface area contributed by atoms with Crippen molar-refractivity contribution in [1.82, 2.24) is 10.2 Å². The molecule has 1 unspecified atom stereocenters. The van der Waals surface area contributed by atoms with E-state index >= 15 is 0 Å². The Kier molecular flexibility index (Phi) is 6.15. The molecule has 2 amide bonds. The van der Waals surface area contributed by atoms with E-state index in [0.717, 1.165) is 5.56 Å². The van der Waals surface area contributed by atoms with Crippen LogP contribution in [0, 0.1) is 11.3 Å². The van der Waals surface area contributed by atoms with Gasteiger partial charge in [0.05, 0.1) is 18.8 Å². The Bertz CT molecular complexity index is 705. The second kappa shape index (κ2) is 8.53. The number of nitrogens with one attached hydrogen (secondary N) is 1. The van der Waals surface area contributed by atoms with Crippen LogP contribution in [0.4, 0.5) is 0 Å². The fraction of sp³-hybridized carbons (Fsp3) is 0.278. The van der Waals surface area contributed by atoms with Crippen molar-refractivity contribution in [1.29, 1.82) is 5.26 Å². The van der Waals surface area contributed by atoms with Gasteiger partial charge >= 0.3 is 0 Å². The lowest BCUT2D eigenvalue weighted by Gasteiger charge is -2.24. The monoisotopic (exact) mass is 325 g/mol. The third-order valence-corrected chi connectivity index (χ3v) is 3.57. The van der Waals surface area contributed by atoms with Crippen molar-refractivity contribution < 1.29 is 14.0 Å². The van der Waals surface area contributed by atoms with Crippen molar-refractivity contribution in [2.75, 3.05) is 13.6 Å². The molecular weight excluding hydrogens is 306 g/mol. The zero-order chi connectivity index (χ0) is 17.4. The average Bonchev–Trinajstić information content (AvgIpc) is 3.14. The van der Waals surface area contributed by atoms with Gasteiger partial charge in [0.1, 0.15) is 6.04 Å². The fourth-order valence-corrected chi connectivity index (χ4v) is 2.28. The number of nitrogens with zero attached hydrogens (tertiary/aromatic N) is 2. The van der Waals surface area contributed by atoms with Crippen molar-refractivity contribution in [3.63, 3.8) is 0 Å². The van der Waals surface area contributed by atoms with Crippen LogP contribution in [0.1, 0.15) is 22.5 Å². The summed E-state index contributed by atoms with van der Waals surface area (Å²) in [5.41, 5.74) is 0.935. The van der Waals surface area contributed by atoms with Gasteiger partial charge in [0.15, 0.2) is 5.76 Å². The molecule has 1 N–H and O–H groups in total. The minimum Gasteiger partial charge on any atom is -0.459 e. The van der Waals surface area contributed by atoms with E-state index in [2.05, 4.69) is 5.32 Å². The first-order valence-corrected chi connectivity index (χ1v) is 7.62. The number of carbonyl (C=O) groups is 2. The predicted molar refractivity (Wildman–Crippen MR) is 88.0 cm³/mol. The Morgan fingerprint density at radius 2 is 2.00 bits per heavy atom. The highest BCUT2D eigenvalue weighted by Crippen LogP contribution is 2.08. The molecule has 0 saturated heterocycles. The summed E-state index contributed by atoms with van der Waals surface area (Å²) in [6.07, 6.45) is 2.01. The van der Waals surface area contributed by atoms with Gasteiger partial charge in [-0.2, -0.15) is 5.26 Å². The first-order chi connectivity index (χ1) is 11.6. The van der Waals surface area contributed by atoms with E-state index in [1.807, 2.05) is 36.4 Å². The molecule has 1 heterocycles. The molecular formula is C18H19N3O3. The van der Waals surface area contributed by atoms with E-state index < -0.39 is 11.9 Å². The maximum Gasteiger partial charge on any atom is 0.287 e. The molecule has 0 aliphatic carbocycles. The van der Waals surface area contributed by atoms with Crippen LogP contribution in [0.25, 0.3) is 0 Å². The van der Waals surface area contributed by atoms with Crippen molar-refractivity contribution in [3.8, 4) is 6.07 Å². The van der Waals surface area contributed by atoms with Crippen LogP contribution in [0.5, 0.6) is 0 Å². The quantitative estimate of drug-likeness (QED) is 0.843. The standard InChI is InChI=1S/C18H19N3O3/c1-21(11-6-10-19)18(23)15(13-14-7-3-2-4-8-14)20-17(22)16-9-5-12-24-16/h2-5,7-9,12,15H,6,11,13H2,1H3,(H,20,22). The topological polar surface area (TPSA) is 86.3 Å². The van der Waals surface area contributed by atoms with Crippen LogP contribution in [-0.2, 0) is 11.2 Å². The molecule has 1 atom stereocenters. The molecule has 0 aliphatic rings. The molecule has 6 heteroatoms. The number of hydrogen-bond acceptors (Lipinski definition) is 4. The van der Waals surface area contributed by atoms with Gasteiger partial charge in [0, 0.05) is 20.0 Å². The third-order valence-electron chi connectivity index (χ3n) is 3.57. The number of benzene rings is 1. The maximum atomic E-state index is 12.6. The van der Waals surface area contributed by atoms with E-state index in [4.69, 9.17) is 9.68 Å². The molecule has 124 valence electrons. The number of rotatable bonds is 7. The molecule has 0 spiro atoms. The molecule has 0 bridgehead atoms. The van der Waals surface area contributed by atoms with Crippen LogP contribution >= 0.6 is 0 Å². The Morgan fingerprint density at radius 1 is 1.25 bits per heavy atom. The van der Waals surface area contributed by atoms with Crippen LogP contribution in [0.3, 0.4) is 0 Å². The highest BCUT2D eigenvalue weighted by atomic mass is 16.3. The molecule has 1 aromatic heterocycles. The average molecular weight is 325 g/mol. The molecule has 24 heavy (non-hydrogen) atoms. The lowest BCUT2D eigenvalue weighted by molar-refractivity contribution is -0.131. The van der Waals surface area contributed by atoms with Crippen molar-refractivity contribution in [2.24, 2.45) is 0 Å². The van der Waals surface area contributed by atoms with Gasteiger partial charge in [-0.3, -0.25) is 9.59 Å². The molecule has 2 aromatic rings. The number of carbonyl (C=O) groups excluding carboxylic acids is 2. The van der Waals surface area contributed by atoms with E-state index in [1.165, 1.54) is 11.2 Å². The highest BCUT2D eigenvalue weighted by Gasteiger charge is 2.25. The van der Waals surface area contributed by atoms with Crippen LogP contribution < -0.4 is 5.32 Å². The molecule has 2 rings (SSSR count). The summed E-state index contributed by atoms with van der Waals surface area (Å²) in [7, 11) is 1.62. The van der Waals surface area contributed by atoms with Gasteiger partial charge < -0.3 is 14.6 Å². The number of likely N-dealkylation sites (N-methyl/N-ethyl adjacent to an activating group) is 1. The molecule has 0 fully saturated rings. The van der Waals surface area contributed by atoms with Crippen LogP contribution in [0.2, 0.25) is 0 Å². The molecule has 0 saturated carbocycles. The van der Waals surface area contributed by atoms with Crippen LogP contribution in [-0.4, -0.2) is 36.3 Å². The number of furan rings is 1. The lowest BCUT2D eigenvalue weighted by Crippen LogP contribution is -2.48. The maximum absolute atomic E-state index is 12.6. The summed E-state index contributed by atoms with van der Waals surface area (Å²) >= 11 is 0. The minimum atomic E-state index is -0.728. The first-order valence-electron chi connectivity index (χ1n) is 7.62. The summed E-state index contributed by atoms with van der Waals surface area (Å²) in [5.74, 6) is -0.530. The van der Waals surface area contributed by atoms with Gasteiger partial charge in [0.25, 0.3) is 5.91 Å². The summed E-state index contributed by atoms with van der Waals surface area (Å²) in [6.45, 7) is 0.317. The molecule has 0 aliphatic heterocycles. The summed E-state index contributed by atoms with van der Waals surface area (Å²) in [5, 5.41) is 11.4. The van der Waals surface area contributed by atoms with Crippen molar-refractivity contribution >= 4 is 11.8 Å². The van der Waals surface area contributed by atoms with Gasteiger partial charge in [-0.1, -0.05) is 30.3 Å². The summed E-state index contributed by atoms with van der Waals surface area (Å²) < 4.78 is 5.07. The molecule has 0 radical (unpaired) electrons. The largest absolute Gasteiger partial charge is 0.459 e. The zero-order valence-corrected chi connectivity index (χ0v) is 13.4. The van der Waals surface area contributed by atoms with Crippen molar-refractivity contribution in [3.05, 3.63) is 60.1 Å². The Morgan fingerprint density at radius 3 is 2.62 bits per heavy atom. The van der Waals surface area contributed by atoms with Gasteiger partial charge in [-0.25, -0.2) is 0 Å². The third kappa shape index (κ3) is 4.71. The second-order valence-corrected chi connectivity index (χ2v) is 5.36. The number of nitriles is 1. The SMILES string of the molecule is CN(CCC#N)C(=O)C(Cc1ccccc1)NC(=O)c1ccco1. The zero-order valence-electron chi connectivity index (χ0n) is 13.4. The van der Waals surface area contributed by atoms with Gasteiger partial charge in [0.2, 0.25) is 5.91 Å². The lowest BCUT2D eigenvalue weighted by atomic mass is 10.0. The highest BCUT2D eigenvalue weighted by molar-refractivity contribution is 5.95. The van der Waals surface area contributed by atoms with E-state index in [1.54, 1.807) is 19.2 Å². The number of amides is 2. The smallest absolute Gasteiger partial charge is 0.287 e. The van der Waals surface area contributed by atoms with Gasteiger partial charge in [-0.15, -0.1) is 0 Å². The molecule has 6 nitrogen and oxygen atoms in total. The Balaban J connectivity index is 2.12. The second-order valence-electron chi connectivity index (χ2n) is 5.36. The van der Waals surface area contributed by atoms with E-state index in [0.29, 0.717) is 13.0 Å².